The van der Waals surface area contributed by atoms with E-state index in [1.807, 2.05) is 21.1 Å². The van der Waals surface area contributed by atoms with Crippen LogP contribution in [0.1, 0.15) is 55.7 Å². The zero-order valence-corrected chi connectivity index (χ0v) is 17.0. The first-order valence-corrected chi connectivity index (χ1v) is 9.66. The number of rotatable bonds is 10. The SMILES string of the molecule is CCCCC(CCOC(c1cccc(C(F)(F)F)c1)c1nccn1C)N(C)C. The first kappa shape index (κ1) is 22.4. The quantitative estimate of drug-likeness (QED) is 0.562. The lowest BCUT2D eigenvalue weighted by molar-refractivity contribution is -0.137. The Balaban J connectivity index is 2.19. The van der Waals surface area contributed by atoms with E-state index in [-0.39, 0.29) is 0 Å². The summed E-state index contributed by atoms with van der Waals surface area (Å²) >= 11 is 0. The fourth-order valence-electron chi connectivity index (χ4n) is 3.25. The molecule has 4 nitrogen and oxygen atoms in total. The maximum absolute atomic E-state index is 13.2. The number of unbranched alkanes of at least 4 members (excludes halogenated alkanes) is 1. The van der Waals surface area contributed by atoms with Gasteiger partial charge in [-0.1, -0.05) is 31.9 Å². The molecule has 156 valence electrons. The number of alkyl halides is 3. The molecule has 0 bridgehead atoms. The molecule has 0 amide bonds. The Morgan fingerprint density at radius 3 is 2.54 bits per heavy atom. The number of ether oxygens (including phenoxy) is 1. The van der Waals surface area contributed by atoms with Gasteiger partial charge in [-0.2, -0.15) is 13.2 Å². The van der Waals surface area contributed by atoms with Crippen molar-refractivity contribution < 1.29 is 17.9 Å². The summed E-state index contributed by atoms with van der Waals surface area (Å²) in [4.78, 5) is 6.49. The van der Waals surface area contributed by atoms with E-state index in [1.54, 1.807) is 23.0 Å². The predicted octanol–water partition coefficient (Wildman–Crippen LogP) is 5.06. The molecular formula is C21H30F3N3O. The van der Waals surface area contributed by atoms with Crippen LogP contribution >= 0.6 is 0 Å². The minimum Gasteiger partial charge on any atom is -0.365 e. The molecule has 1 aromatic heterocycles. The second-order valence-electron chi connectivity index (χ2n) is 7.32. The van der Waals surface area contributed by atoms with Gasteiger partial charge in [0.2, 0.25) is 0 Å². The predicted molar refractivity (Wildman–Crippen MR) is 104 cm³/mol. The number of imidazole rings is 1. The van der Waals surface area contributed by atoms with Gasteiger partial charge in [0.15, 0.2) is 0 Å². The van der Waals surface area contributed by atoms with Gasteiger partial charge in [-0.05, 0) is 44.6 Å². The van der Waals surface area contributed by atoms with Crippen molar-refractivity contribution in [2.75, 3.05) is 20.7 Å². The van der Waals surface area contributed by atoms with Gasteiger partial charge in [0.1, 0.15) is 11.9 Å². The van der Waals surface area contributed by atoms with Crippen molar-refractivity contribution in [2.24, 2.45) is 7.05 Å². The first-order chi connectivity index (χ1) is 13.2. The van der Waals surface area contributed by atoms with Gasteiger partial charge in [0.25, 0.3) is 0 Å². The van der Waals surface area contributed by atoms with Gasteiger partial charge in [0, 0.05) is 32.1 Å². The van der Waals surface area contributed by atoms with Crippen LogP contribution in [-0.4, -0.2) is 41.2 Å². The number of nitrogens with zero attached hydrogens (tertiary/aromatic N) is 3. The maximum atomic E-state index is 13.2. The fraction of sp³-hybridized carbons (Fsp3) is 0.571. The Labute approximate surface area is 165 Å². The largest absolute Gasteiger partial charge is 0.416 e. The van der Waals surface area contributed by atoms with E-state index in [0.717, 1.165) is 37.8 Å². The van der Waals surface area contributed by atoms with Crippen molar-refractivity contribution in [3.05, 3.63) is 53.6 Å². The third-order valence-electron chi connectivity index (χ3n) is 4.97. The molecule has 28 heavy (non-hydrogen) atoms. The Kier molecular flexibility index (Phi) is 8.07. The van der Waals surface area contributed by atoms with Crippen LogP contribution in [0, 0.1) is 0 Å². The summed E-state index contributed by atoms with van der Waals surface area (Å²) in [5.41, 5.74) is -0.221. The van der Waals surface area contributed by atoms with E-state index in [0.29, 0.717) is 24.0 Å². The number of hydrogen-bond acceptors (Lipinski definition) is 3. The normalized spacial score (nSPS) is 14.4. The van der Waals surface area contributed by atoms with Crippen LogP contribution in [0.15, 0.2) is 36.7 Å². The first-order valence-electron chi connectivity index (χ1n) is 9.66. The van der Waals surface area contributed by atoms with E-state index in [1.165, 1.54) is 6.07 Å². The van der Waals surface area contributed by atoms with Gasteiger partial charge in [-0.3, -0.25) is 0 Å². The lowest BCUT2D eigenvalue weighted by Gasteiger charge is -2.26. The molecule has 0 saturated heterocycles. The molecule has 2 atom stereocenters. The van der Waals surface area contributed by atoms with E-state index in [2.05, 4.69) is 16.8 Å². The number of benzene rings is 1. The molecule has 0 aliphatic heterocycles. The fourth-order valence-corrected chi connectivity index (χ4v) is 3.25. The van der Waals surface area contributed by atoms with Crippen molar-refractivity contribution in [1.82, 2.24) is 14.5 Å². The molecule has 1 aromatic carbocycles. The van der Waals surface area contributed by atoms with Crippen molar-refractivity contribution in [3.63, 3.8) is 0 Å². The number of halogens is 3. The number of hydrogen-bond donors (Lipinski definition) is 0. The maximum Gasteiger partial charge on any atom is 0.416 e. The zero-order chi connectivity index (χ0) is 20.7. The lowest BCUT2D eigenvalue weighted by atomic mass is 10.0. The summed E-state index contributed by atoms with van der Waals surface area (Å²) in [5, 5.41) is 0. The third-order valence-corrected chi connectivity index (χ3v) is 4.97. The molecular weight excluding hydrogens is 367 g/mol. The van der Waals surface area contributed by atoms with Gasteiger partial charge < -0.3 is 14.2 Å². The summed E-state index contributed by atoms with van der Waals surface area (Å²) in [7, 11) is 5.91. The van der Waals surface area contributed by atoms with Crippen molar-refractivity contribution in [1.29, 1.82) is 0 Å². The molecule has 0 saturated carbocycles. The molecule has 0 aliphatic carbocycles. The highest BCUT2D eigenvalue weighted by atomic mass is 19.4. The topological polar surface area (TPSA) is 30.3 Å². The summed E-state index contributed by atoms with van der Waals surface area (Å²) in [6, 6.07) is 5.69. The van der Waals surface area contributed by atoms with E-state index < -0.39 is 17.8 Å². The van der Waals surface area contributed by atoms with Crippen LogP contribution in [0.5, 0.6) is 0 Å². The summed E-state index contributed by atoms with van der Waals surface area (Å²) in [6.45, 7) is 2.61. The Bertz CT molecular complexity index is 728. The molecule has 0 radical (unpaired) electrons. The third kappa shape index (κ3) is 6.07. The zero-order valence-electron chi connectivity index (χ0n) is 17.0. The molecule has 0 spiro atoms. The van der Waals surface area contributed by atoms with Crippen LogP contribution in [0.2, 0.25) is 0 Å². The smallest absolute Gasteiger partial charge is 0.365 e. The average Bonchev–Trinajstić information content (AvgIpc) is 3.06. The Morgan fingerprint density at radius 1 is 1.21 bits per heavy atom. The Hall–Kier alpha value is -1.86. The summed E-state index contributed by atoms with van der Waals surface area (Å²) in [5.74, 6) is 0.592. The van der Waals surface area contributed by atoms with E-state index in [9.17, 15) is 13.2 Å². The average molecular weight is 397 g/mol. The number of aromatic nitrogens is 2. The highest BCUT2D eigenvalue weighted by Crippen LogP contribution is 2.33. The summed E-state index contributed by atoms with van der Waals surface area (Å²) < 4.78 is 47.3. The molecule has 7 heteroatoms. The molecule has 0 aliphatic rings. The highest BCUT2D eigenvalue weighted by molar-refractivity contribution is 5.30. The minimum atomic E-state index is -4.39. The second-order valence-corrected chi connectivity index (χ2v) is 7.32. The van der Waals surface area contributed by atoms with Gasteiger partial charge in [0.05, 0.1) is 5.56 Å². The van der Waals surface area contributed by atoms with Crippen molar-refractivity contribution in [2.45, 2.75) is 50.9 Å². The Morgan fingerprint density at radius 2 is 1.96 bits per heavy atom. The van der Waals surface area contributed by atoms with E-state index in [4.69, 9.17) is 4.74 Å². The minimum absolute atomic E-state index is 0.378. The van der Waals surface area contributed by atoms with Crippen LogP contribution in [0.25, 0.3) is 0 Å². The monoisotopic (exact) mass is 397 g/mol. The van der Waals surface area contributed by atoms with Crippen molar-refractivity contribution in [3.8, 4) is 0 Å². The van der Waals surface area contributed by atoms with Crippen LogP contribution in [-0.2, 0) is 18.0 Å². The molecule has 2 rings (SSSR count). The molecule has 0 fully saturated rings. The van der Waals surface area contributed by atoms with E-state index >= 15 is 0 Å². The van der Waals surface area contributed by atoms with Crippen LogP contribution in [0.4, 0.5) is 13.2 Å². The standard InChI is InChI=1S/C21H30F3N3O/c1-5-6-10-18(26(2)3)11-14-28-19(20-25-12-13-27(20)4)16-8-7-9-17(15-16)21(22,23)24/h7-9,12-13,15,18-19H,5-6,10-11,14H2,1-4H3. The molecule has 1 heterocycles. The van der Waals surface area contributed by atoms with Gasteiger partial charge in [-0.25, -0.2) is 4.98 Å². The van der Waals surface area contributed by atoms with Crippen molar-refractivity contribution >= 4 is 0 Å². The van der Waals surface area contributed by atoms with Crippen LogP contribution in [0.3, 0.4) is 0 Å². The van der Waals surface area contributed by atoms with Crippen LogP contribution < -0.4 is 0 Å². The lowest BCUT2D eigenvalue weighted by Crippen LogP contribution is -2.29. The molecule has 2 unspecified atom stereocenters. The molecule has 0 N–H and O–H groups in total. The highest BCUT2D eigenvalue weighted by Gasteiger charge is 2.31. The van der Waals surface area contributed by atoms with Gasteiger partial charge in [-0.15, -0.1) is 0 Å². The second kappa shape index (κ2) is 10.1. The summed E-state index contributed by atoms with van der Waals surface area (Å²) in [6.07, 6.45) is 2.52. The van der Waals surface area contributed by atoms with Gasteiger partial charge >= 0.3 is 6.18 Å². The number of aryl methyl sites for hydroxylation is 1. The molecule has 2 aromatic rings.